The molecule has 2 aliphatic rings. The van der Waals surface area contributed by atoms with Gasteiger partial charge < -0.3 is 10.1 Å². The molecule has 0 aliphatic carbocycles. The van der Waals surface area contributed by atoms with E-state index in [1.54, 1.807) is 0 Å². The molecule has 1 saturated heterocycles. The highest BCUT2D eigenvalue weighted by Gasteiger charge is 2.31. The Morgan fingerprint density at radius 3 is 2.90 bits per heavy atom. The summed E-state index contributed by atoms with van der Waals surface area (Å²) >= 11 is 0. The van der Waals surface area contributed by atoms with Crippen LogP contribution < -0.4 is 10.1 Å². The average Bonchev–Trinajstić information content (AvgIpc) is 2.83. The van der Waals surface area contributed by atoms with Crippen molar-refractivity contribution in [1.29, 1.82) is 0 Å². The maximum absolute atomic E-state index is 6.14. The van der Waals surface area contributed by atoms with Crippen LogP contribution in [0, 0.1) is 5.92 Å². The van der Waals surface area contributed by atoms with E-state index in [9.17, 15) is 0 Å². The van der Waals surface area contributed by atoms with Crippen molar-refractivity contribution in [1.82, 2.24) is 10.2 Å². The molecule has 21 heavy (non-hydrogen) atoms. The first-order valence-corrected chi connectivity index (χ1v) is 8.34. The van der Waals surface area contributed by atoms with Crippen LogP contribution in [0.4, 0.5) is 0 Å². The van der Waals surface area contributed by atoms with E-state index in [2.05, 4.69) is 55.3 Å². The highest BCUT2D eigenvalue weighted by molar-refractivity contribution is 5.37. The molecule has 3 unspecified atom stereocenters. The first kappa shape index (κ1) is 14.9. The smallest absolute Gasteiger partial charge is 0.123 e. The molecule has 3 atom stereocenters. The van der Waals surface area contributed by atoms with Crippen LogP contribution >= 0.6 is 0 Å². The van der Waals surface area contributed by atoms with E-state index in [0.717, 1.165) is 37.7 Å². The third-order valence-corrected chi connectivity index (χ3v) is 4.62. The fraction of sp³-hybridized carbons (Fsp3) is 0.667. The maximum atomic E-state index is 6.14. The van der Waals surface area contributed by atoms with E-state index in [4.69, 9.17) is 4.74 Å². The van der Waals surface area contributed by atoms with Crippen LogP contribution in [0.2, 0.25) is 0 Å². The Morgan fingerprint density at radius 1 is 1.33 bits per heavy atom. The minimum Gasteiger partial charge on any atom is -0.488 e. The van der Waals surface area contributed by atoms with Gasteiger partial charge in [0.25, 0.3) is 0 Å². The van der Waals surface area contributed by atoms with E-state index in [-0.39, 0.29) is 0 Å². The van der Waals surface area contributed by atoms with Gasteiger partial charge in [-0.3, -0.25) is 4.90 Å². The monoisotopic (exact) mass is 288 g/mol. The highest BCUT2D eigenvalue weighted by atomic mass is 16.5. The van der Waals surface area contributed by atoms with Crippen LogP contribution in [0.1, 0.15) is 32.8 Å². The van der Waals surface area contributed by atoms with Crippen molar-refractivity contribution in [2.24, 2.45) is 5.92 Å². The minimum atomic E-state index is 0.322. The van der Waals surface area contributed by atoms with Gasteiger partial charge in [-0.15, -0.1) is 0 Å². The zero-order valence-electron chi connectivity index (χ0n) is 13.5. The number of ether oxygens (including phenoxy) is 1. The molecule has 3 rings (SSSR count). The Labute approximate surface area is 128 Å². The van der Waals surface area contributed by atoms with Gasteiger partial charge in [0.2, 0.25) is 0 Å². The van der Waals surface area contributed by atoms with Crippen molar-refractivity contribution < 1.29 is 4.74 Å². The van der Waals surface area contributed by atoms with E-state index >= 15 is 0 Å². The van der Waals surface area contributed by atoms with Gasteiger partial charge in [0.15, 0.2) is 0 Å². The van der Waals surface area contributed by atoms with Crippen molar-refractivity contribution in [3.63, 3.8) is 0 Å². The van der Waals surface area contributed by atoms with E-state index < -0.39 is 0 Å². The molecule has 1 aromatic rings. The maximum Gasteiger partial charge on any atom is 0.123 e. The van der Waals surface area contributed by atoms with Gasteiger partial charge in [0.1, 0.15) is 11.9 Å². The summed E-state index contributed by atoms with van der Waals surface area (Å²) in [5.74, 6) is 1.83. The predicted octanol–water partition coefficient (Wildman–Crippen LogP) is 2.70. The minimum absolute atomic E-state index is 0.322. The van der Waals surface area contributed by atoms with Crippen LogP contribution in [-0.2, 0) is 6.42 Å². The third kappa shape index (κ3) is 3.58. The summed E-state index contributed by atoms with van der Waals surface area (Å²) in [6, 6.07) is 9.70. The summed E-state index contributed by atoms with van der Waals surface area (Å²) in [6.45, 7) is 10.2. The first-order chi connectivity index (χ1) is 10.1. The number of hydrogen-bond acceptors (Lipinski definition) is 3. The fourth-order valence-electron chi connectivity index (χ4n) is 3.65. The molecule has 3 nitrogen and oxygen atoms in total. The number of hydrogen-bond donors (Lipinski definition) is 1. The van der Waals surface area contributed by atoms with E-state index in [0.29, 0.717) is 18.2 Å². The highest BCUT2D eigenvalue weighted by Crippen LogP contribution is 2.29. The number of benzene rings is 1. The van der Waals surface area contributed by atoms with Crippen molar-refractivity contribution in [3.8, 4) is 5.75 Å². The van der Waals surface area contributed by atoms with Crippen LogP contribution in [0.25, 0.3) is 0 Å². The van der Waals surface area contributed by atoms with Crippen molar-refractivity contribution >= 4 is 0 Å². The zero-order valence-corrected chi connectivity index (χ0v) is 13.5. The van der Waals surface area contributed by atoms with Crippen LogP contribution in [0.5, 0.6) is 5.75 Å². The van der Waals surface area contributed by atoms with E-state index in [1.807, 2.05) is 0 Å². The summed E-state index contributed by atoms with van der Waals surface area (Å²) in [7, 11) is 0. The lowest BCUT2D eigenvalue weighted by Crippen LogP contribution is -2.57. The Bertz CT molecular complexity index is 449. The molecule has 0 spiro atoms. The van der Waals surface area contributed by atoms with Crippen LogP contribution in [0.3, 0.4) is 0 Å². The Morgan fingerprint density at radius 2 is 2.14 bits per heavy atom. The van der Waals surface area contributed by atoms with Crippen molar-refractivity contribution in [3.05, 3.63) is 29.8 Å². The van der Waals surface area contributed by atoms with E-state index in [1.165, 1.54) is 12.0 Å². The second-order valence-corrected chi connectivity index (χ2v) is 7.10. The number of nitrogens with zero attached hydrogens (tertiary/aromatic N) is 1. The largest absolute Gasteiger partial charge is 0.488 e. The van der Waals surface area contributed by atoms with Crippen LogP contribution in [0.15, 0.2) is 24.3 Å². The number of fused-ring (bicyclic) bond motifs is 1. The third-order valence-electron chi connectivity index (χ3n) is 4.62. The normalized spacial score (nSPS) is 29.4. The summed E-state index contributed by atoms with van der Waals surface area (Å²) in [4.78, 5) is 2.65. The zero-order chi connectivity index (χ0) is 14.8. The van der Waals surface area contributed by atoms with Gasteiger partial charge in [-0.1, -0.05) is 32.0 Å². The molecule has 0 amide bonds. The average molecular weight is 288 g/mol. The molecule has 2 aliphatic heterocycles. The Balaban J connectivity index is 1.62. The first-order valence-electron chi connectivity index (χ1n) is 8.34. The van der Waals surface area contributed by atoms with Crippen molar-refractivity contribution in [2.45, 2.75) is 51.8 Å². The SMILES string of the molecule is CC(C)CC1CNC(C)CN1CC1Cc2ccccc2O1. The fourth-order valence-corrected chi connectivity index (χ4v) is 3.65. The molecular formula is C18H28N2O. The second-order valence-electron chi connectivity index (χ2n) is 7.10. The Kier molecular flexibility index (Phi) is 4.51. The summed E-state index contributed by atoms with van der Waals surface area (Å²) in [5.41, 5.74) is 1.37. The molecular weight excluding hydrogens is 260 g/mol. The molecule has 0 radical (unpaired) electrons. The Hall–Kier alpha value is -1.06. The molecule has 0 saturated carbocycles. The molecule has 0 bridgehead atoms. The van der Waals surface area contributed by atoms with Crippen molar-refractivity contribution in [2.75, 3.05) is 19.6 Å². The van der Waals surface area contributed by atoms with Gasteiger partial charge >= 0.3 is 0 Å². The summed E-state index contributed by atoms with van der Waals surface area (Å²) in [6.07, 6.45) is 2.64. The second kappa shape index (κ2) is 6.37. The number of piperazine rings is 1. The molecule has 1 fully saturated rings. The van der Waals surface area contributed by atoms with Gasteiger partial charge in [-0.25, -0.2) is 0 Å². The molecule has 2 heterocycles. The molecule has 0 aromatic heterocycles. The van der Waals surface area contributed by atoms with Gasteiger partial charge in [-0.2, -0.15) is 0 Å². The topological polar surface area (TPSA) is 24.5 Å². The van der Waals surface area contributed by atoms with Gasteiger partial charge in [0, 0.05) is 38.1 Å². The summed E-state index contributed by atoms with van der Waals surface area (Å²) in [5, 5.41) is 3.63. The van der Waals surface area contributed by atoms with Gasteiger partial charge in [0.05, 0.1) is 0 Å². The summed E-state index contributed by atoms with van der Waals surface area (Å²) < 4.78 is 6.14. The molecule has 1 N–H and O–H groups in total. The quantitative estimate of drug-likeness (QED) is 0.922. The molecule has 116 valence electrons. The lowest BCUT2D eigenvalue weighted by molar-refractivity contribution is 0.0735. The lowest BCUT2D eigenvalue weighted by Gasteiger charge is -2.41. The number of para-hydroxylation sites is 1. The van der Waals surface area contributed by atoms with Gasteiger partial charge in [-0.05, 0) is 30.9 Å². The lowest BCUT2D eigenvalue weighted by atomic mass is 9.98. The number of nitrogens with one attached hydrogen (secondary N) is 1. The van der Waals surface area contributed by atoms with Crippen LogP contribution in [-0.4, -0.2) is 42.7 Å². The number of rotatable bonds is 4. The molecule has 3 heteroatoms. The predicted molar refractivity (Wildman–Crippen MR) is 86.8 cm³/mol. The standard InChI is InChI=1S/C18H28N2O/c1-13(2)8-16-10-19-14(3)11-20(16)12-17-9-15-6-4-5-7-18(15)21-17/h4-7,13-14,16-17,19H,8-12H2,1-3H3. The molecule has 1 aromatic carbocycles.